The van der Waals surface area contributed by atoms with E-state index in [1.807, 2.05) is 0 Å². The van der Waals surface area contributed by atoms with Gasteiger partial charge in [-0.1, -0.05) is 24.3 Å². The molecule has 0 saturated carbocycles. The fourth-order valence-electron chi connectivity index (χ4n) is 2.55. The molecule has 0 atom stereocenters. The predicted octanol–water partition coefficient (Wildman–Crippen LogP) is 5.62. The minimum absolute atomic E-state index is 0.0271. The van der Waals surface area contributed by atoms with E-state index >= 15 is 0 Å². The molecule has 0 aliphatic heterocycles. The molecule has 0 heterocycles. The maximum Gasteiger partial charge on any atom is 0.292 e. The highest BCUT2D eigenvalue weighted by Gasteiger charge is 2.19. The van der Waals surface area contributed by atoms with Gasteiger partial charge in [0.1, 0.15) is 5.69 Å². The summed E-state index contributed by atoms with van der Waals surface area (Å²) in [6, 6.07) is 17.6. The monoisotopic (exact) mass is 517 g/mol. The molecule has 0 aliphatic rings. The van der Waals surface area contributed by atoms with Crippen molar-refractivity contribution < 1.29 is 14.5 Å². The second-order valence-electron chi connectivity index (χ2n) is 5.86. The standard InChI is InChI=1S/C20H13Br2N3O4/c21-15-7-3-1-5-13(15)19(26)23-12-9-10-18(25(28)29)17(11-12)24-20(27)14-6-2-4-8-16(14)22/h1-11H,(H,23,26)(H,24,27). The molecule has 3 aromatic carbocycles. The Morgan fingerprint density at radius 2 is 1.31 bits per heavy atom. The summed E-state index contributed by atoms with van der Waals surface area (Å²) in [6.45, 7) is 0. The number of hydrogen-bond donors (Lipinski definition) is 2. The predicted molar refractivity (Wildman–Crippen MR) is 117 cm³/mol. The number of rotatable bonds is 5. The molecule has 0 spiro atoms. The number of nitro groups is 1. The van der Waals surface area contributed by atoms with Gasteiger partial charge in [-0.3, -0.25) is 19.7 Å². The molecule has 0 saturated heterocycles. The fourth-order valence-corrected chi connectivity index (χ4v) is 3.48. The SMILES string of the molecule is O=C(Nc1ccc([N+](=O)[O-])c(NC(=O)c2ccccc2Br)c1)c1ccccc1Br. The Hall–Kier alpha value is -3.04. The number of carbonyl (C=O) groups is 2. The number of benzene rings is 3. The van der Waals surface area contributed by atoms with Gasteiger partial charge in [-0.15, -0.1) is 0 Å². The van der Waals surface area contributed by atoms with Crippen LogP contribution in [0.4, 0.5) is 17.1 Å². The first-order valence-electron chi connectivity index (χ1n) is 8.27. The second-order valence-corrected chi connectivity index (χ2v) is 7.57. The van der Waals surface area contributed by atoms with Gasteiger partial charge >= 0.3 is 0 Å². The highest BCUT2D eigenvalue weighted by Crippen LogP contribution is 2.29. The van der Waals surface area contributed by atoms with Crippen LogP contribution in [0.1, 0.15) is 20.7 Å². The molecule has 0 aromatic heterocycles. The van der Waals surface area contributed by atoms with E-state index in [0.717, 1.165) is 0 Å². The highest BCUT2D eigenvalue weighted by molar-refractivity contribution is 9.10. The van der Waals surface area contributed by atoms with E-state index in [1.165, 1.54) is 18.2 Å². The first-order valence-corrected chi connectivity index (χ1v) is 9.85. The van der Waals surface area contributed by atoms with Crippen LogP contribution in [0.2, 0.25) is 0 Å². The highest BCUT2D eigenvalue weighted by atomic mass is 79.9. The van der Waals surface area contributed by atoms with Gasteiger partial charge in [0, 0.05) is 20.7 Å². The summed E-state index contributed by atoms with van der Waals surface area (Å²) in [5.74, 6) is -0.913. The molecule has 29 heavy (non-hydrogen) atoms. The number of nitrogens with one attached hydrogen (secondary N) is 2. The summed E-state index contributed by atoms with van der Waals surface area (Å²) in [4.78, 5) is 35.8. The lowest BCUT2D eigenvalue weighted by Gasteiger charge is -2.11. The molecule has 146 valence electrons. The van der Waals surface area contributed by atoms with Crippen molar-refractivity contribution in [1.82, 2.24) is 0 Å². The van der Waals surface area contributed by atoms with Gasteiger partial charge in [-0.25, -0.2) is 0 Å². The largest absolute Gasteiger partial charge is 0.322 e. The third-order valence-corrected chi connectivity index (χ3v) is 5.32. The topological polar surface area (TPSA) is 101 Å². The number of nitro benzene ring substituents is 1. The fraction of sp³-hybridized carbons (Fsp3) is 0. The van der Waals surface area contributed by atoms with Crippen molar-refractivity contribution in [2.75, 3.05) is 10.6 Å². The van der Waals surface area contributed by atoms with Crippen LogP contribution in [0.5, 0.6) is 0 Å². The number of carbonyl (C=O) groups excluding carboxylic acids is 2. The lowest BCUT2D eigenvalue weighted by Crippen LogP contribution is -2.15. The van der Waals surface area contributed by atoms with E-state index < -0.39 is 16.7 Å². The molecule has 7 nitrogen and oxygen atoms in total. The van der Waals surface area contributed by atoms with E-state index in [-0.39, 0.29) is 11.4 Å². The molecular weight excluding hydrogens is 506 g/mol. The Labute approximate surface area is 182 Å². The summed E-state index contributed by atoms with van der Waals surface area (Å²) in [5.41, 5.74) is 0.720. The van der Waals surface area contributed by atoms with Crippen molar-refractivity contribution in [1.29, 1.82) is 0 Å². The zero-order valence-electron chi connectivity index (χ0n) is 14.7. The van der Waals surface area contributed by atoms with Gasteiger partial charge in [-0.05, 0) is 68.3 Å². The minimum Gasteiger partial charge on any atom is -0.322 e. The Kier molecular flexibility index (Phi) is 6.40. The first kappa shape index (κ1) is 20.7. The summed E-state index contributed by atoms with van der Waals surface area (Å²) in [5, 5.41) is 16.6. The Bertz CT molecular complexity index is 1120. The van der Waals surface area contributed by atoms with Crippen molar-refractivity contribution in [2.24, 2.45) is 0 Å². The molecule has 2 N–H and O–H groups in total. The molecule has 0 aliphatic carbocycles. The zero-order chi connectivity index (χ0) is 21.0. The Balaban J connectivity index is 1.89. The molecule has 0 fully saturated rings. The maximum absolute atomic E-state index is 12.6. The number of hydrogen-bond acceptors (Lipinski definition) is 4. The molecule has 2 amide bonds. The van der Waals surface area contributed by atoms with Crippen LogP contribution in [0.15, 0.2) is 75.7 Å². The third-order valence-electron chi connectivity index (χ3n) is 3.94. The molecule has 0 unspecified atom stereocenters. The molecule has 3 rings (SSSR count). The van der Waals surface area contributed by atoms with Crippen LogP contribution in [-0.2, 0) is 0 Å². The van der Waals surface area contributed by atoms with Crippen LogP contribution >= 0.6 is 31.9 Å². The average Bonchev–Trinajstić information content (AvgIpc) is 2.68. The molecule has 9 heteroatoms. The number of amides is 2. The van der Waals surface area contributed by atoms with E-state index in [9.17, 15) is 19.7 Å². The number of halogens is 2. The lowest BCUT2D eigenvalue weighted by molar-refractivity contribution is -0.383. The van der Waals surface area contributed by atoms with Crippen molar-refractivity contribution in [3.05, 3.63) is 96.9 Å². The molecule has 0 bridgehead atoms. The second kappa shape index (κ2) is 8.97. The van der Waals surface area contributed by atoms with Crippen molar-refractivity contribution >= 4 is 60.7 Å². The summed E-state index contributed by atoms with van der Waals surface area (Å²) in [7, 11) is 0. The van der Waals surface area contributed by atoms with Gasteiger partial charge < -0.3 is 10.6 Å². The van der Waals surface area contributed by atoms with Gasteiger partial charge in [0.05, 0.1) is 16.1 Å². The van der Waals surface area contributed by atoms with Crippen LogP contribution in [0.3, 0.4) is 0 Å². The minimum atomic E-state index is -0.602. The van der Waals surface area contributed by atoms with Gasteiger partial charge in [-0.2, -0.15) is 0 Å². The van der Waals surface area contributed by atoms with Crippen molar-refractivity contribution in [3.8, 4) is 0 Å². The van der Waals surface area contributed by atoms with Crippen molar-refractivity contribution in [2.45, 2.75) is 0 Å². The van der Waals surface area contributed by atoms with E-state index in [4.69, 9.17) is 0 Å². The molecular formula is C20H13Br2N3O4. The van der Waals surface area contributed by atoms with Crippen LogP contribution < -0.4 is 10.6 Å². The van der Waals surface area contributed by atoms with Crippen LogP contribution in [0.25, 0.3) is 0 Å². The molecule has 0 radical (unpaired) electrons. The van der Waals surface area contributed by atoms with E-state index in [2.05, 4.69) is 42.5 Å². The van der Waals surface area contributed by atoms with Crippen LogP contribution in [-0.4, -0.2) is 16.7 Å². The van der Waals surface area contributed by atoms with Gasteiger partial charge in [0.15, 0.2) is 0 Å². The summed E-state index contributed by atoms with van der Waals surface area (Å²) in [6.07, 6.45) is 0. The quantitative estimate of drug-likeness (QED) is 0.338. The summed E-state index contributed by atoms with van der Waals surface area (Å²) >= 11 is 6.59. The Morgan fingerprint density at radius 3 is 1.83 bits per heavy atom. The zero-order valence-corrected chi connectivity index (χ0v) is 17.9. The maximum atomic E-state index is 12.6. The smallest absolute Gasteiger partial charge is 0.292 e. The van der Waals surface area contributed by atoms with Gasteiger partial charge in [0.25, 0.3) is 17.5 Å². The normalized spacial score (nSPS) is 10.3. The van der Waals surface area contributed by atoms with Crippen molar-refractivity contribution in [3.63, 3.8) is 0 Å². The number of anilines is 2. The van der Waals surface area contributed by atoms with E-state index in [0.29, 0.717) is 25.8 Å². The van der Waals surface area contributed by atoms with E-state index in [1.54, 1.807) is 48.5 Å². The Morgan fingerprint density at radius 1 is 0.793 bits per heavy atom. The van der Waals surface area contributed by atoms with Gasteiger partial charge in [0.2, 0.25) is 0 Å². The average molecular weight is 519 g/mol. The first-order chi connectivity index (χ1) is 13.9. The number of nitrogens with zero attached hydrogens (tertiary/aromatic N) is 1. The van der Waals surface area contributed by atoms with Crippen LogP contribution in [0, 0.1) is 10.1 Å². The third kappa shape index (κ3) is 4.87. The summed E-state index contributed by atoms with van der Waals surface area (Å²) < 4.78 is 1.17. The molecule has 3 aromatic rings. The lowest BCUT2D eigenvalue weighted by atomic mass is 10.1.